The normalized spacial score (nSPS) is 10.6. The summed E-state index contributed by atoms with van der Waals surface area (Å²) in [5, 5.41) is 49.0. The molecule has 0 aliphatic heterocycles. The van der Waals surface area contributed by atoms with Crippen molar-refractivity contribution in [3.05, 3.63) is 41.2 Å². The fourth-order valence-electron chi connectivity index (χ4n) is 3.56. The maximum Gasteiger partial charge on any atom is 0.325 e. The minimum atomic E-state index is -1.09. The number of aliphatic carboxylic acids is 2. The number of hydrogen-bond donors (Lipinski definition) is 10. The van der Waals surface area contributed by atoms with Gasteiger partial charge in [0.15, 0.2) is 0 Å². The largest absolute Gasteiger partial charge is 0.481 e. The lowest BCUT2D eigenvalue weighted by Gasteiger charge is -2.21. The van der Waals surface area contributed by atoms with Gasteiger partial charge in [-0.25, -0.2) is 9.48 Å². The van der Waals surface area contributed by atoms with Crippen molar-refractivity contribution in [3.8, 4) is 0 Å². The lowest BCUT2D eigenvalue weighted by atomic mass is 10.0. The number of primary amides is 1. The molecule has 50 heavy (non-hydrogen) atoms. The second-order valence-electron chi connectivity index (χ2n) is 10.6. The number of urea groups is 1. The Morgan fingerprint density at radius 2 is 1.60 bits per heavy atom. The van der Waals surface area contributed by atoms with Gasteiger partial charge >= 0.3 is 18.0 Å². The van der Waals surface area contributed by atoms with Crippen LogP contribution in [-0.4, -0.2) is 105 Å². The number of nitrogens with one attached hydrogen (secondary N) is 6. The number of aliphatic hydroxyl groups excluding tert-OH is 1. The van der Waals surface area contributed by atoms with Crippen molar-refractivity contribution in [3.63, 3.8) is 0 Å². The van der Waals surface area contributed by atoms with Crippen molar-refractivity contribution in [2.75, 3.05) is 32.0 Å². The van der Waals surface area contributed by atoms with E-state index < -0.39 is 48.3 Å². The van der Waals surface area contributed by atoms with Crippen molar-refractivity contribution in [2.24, 2.45) is 11.7 Å². The van der Waals surface area contributed by atoms with Gasteiger partial charge in [-0.05, 0) is 37.1 Å². The maximum absolute atomic E-state index is 12.7. The van der Waals surface area contributed by atoms with Crippen molar-refractivity contribution in [2.45, 2.75) is 66.3 Å². The molecule has 0 bridgehead atoms. The van der Waals surface area contributed by atoms with Crippen molar-refractivity contribution in [1.29, 1.82) is 0 Å². The van der Waals surface area contributed by atoms with Crippen LogP contribution in [0.2, 0.25) is 0 Å². The van der Waals surface area contributed by atoms with Crippen LogP contribution in [0.25, 0.3) is 0 Å². The van der Waals surface area contributed by atoms with E-state index in [2.05, 4.69) is 42.2 Å². The van der Waals surface area contributed by atoms with E-state index in [-0.39, 0.29) is 55.7 Å². The molecule has 20 heteroatoms. The molecular formula is C30H48N10O10. The van der Waals surface area contributed by atoms with Crippen LogP contribution in [0, 0.1) is 5.92 Å². The van der Waals surface area contributed by atoms with Crippen LogP contribution >= 0.6 is 0 Å². The van der Waals surface area contributed by atoms with Gasteiger partial charge in [-0.15, -0.1) is 5.10 Å². The Balaban J connectivity index is 0.00000170. The molecule has 6 amide bonds. The van der Waals surface area contributed by atoms with E-state index in [1.54, 1.807) is 27.8 Å². The Morgan fingerprint density at radius 1 is 0.940 bits per heavy atom. The van der Waals surface area contributed by atoms with E-state index in [4.69, 9.17) is 15.9 Å². The lowest BCUT2D eigenvalue weighted by molar-refractivity contribution is -0.138. The van der Waals surface area contributed by atoms with Crippen LogP contribution in [0.1, 0.15) is 62.2 Å². The van der Waals surface area contributed by atoms with Gasteiger partial charge in [-0.1, -0.05) is 39.0 Å². The first-order valence-electron chi connectivity index (χ1n) is 15.5. The van der Waals surface area contributed by atoms with Gasteiger partial charge in [-0.2, -0.15) is 0 Å². The fourth-order valence-corrected chi connectivity index (χ4v) is 3.56. The second kappa shape index (κ2) is 24.5. The zero-order chi connectivity index (χ0) is 38.2. The Labute approximate surface area is 288 Å². The average molecular weight is 709 g/mol. The number of aliphatic hydroxyl groups is 1. The molecular weight excluding hydrogens is 660 g/mol. The minimum absolute atomic E-state index is 0.0433. The Bertz CT molecular complexity index is 1430. The summed E-state index contributed by atoms with van der Waals surface area (Å²) in [4.78, 5) is 79.5. The molecule has 2 rings (SSSR count). The van der Waals surface area contributed by atoms with Crippen LogP contribution in [-0.2, 0) is 43.7 Å². The van der Waals surface area contributed by atoms with Crippen LogP contribution in [0.3, 0.4) is 0 Å². The first-order valence-corrected chi connectivity index (χ1v) is 15.5. The van der Waals surface area contributed by atoms with Gasteiger partial charge < -0.3 is 53.0 Å². The van der Waals surface area contributed by atoms with Crippen LogP contribution in [0.4, 0.5) is 10.5 Å². The predicted octanol–water partition coefficient (Wildman–Crippen LogP) is -1.25. The Hall–Kier alpha value is -5.63. The number of likely N-dealkylation sites (N-methyl/N-ethyl adjacent to an activating group) is 1. The number of nitrogens with two attached hydrogens (primary N) is 1. The van der Waals surface area contributed by atoms with Gasteiger partial charge in [-0.3, -0.25) is 28.8 Å². The molecule has 0 saturated carbocycles. The number of hydrogen-bond acceptors (Lipinski definition) is 11. The first kappa shape index (κ1) is 44.4. The third kappa shape index (κ3) is 19.3. The number of carbonyl (C=O) groups is 7. The summed E-state index contributed by atoms with van der Waals surface area (Å²) < 4.78 is 1.11. The van der Waals surface area contributed by atoms with Crippen LogP contribution < -0.4 is 37.6 Å². The number of amides is 6. The molecule has 278 valence electrons. The number of aromatic nitrogens is 3. The predicted molar refractivity (Wildman–Crippen MR) is 179 cm³/mol. The van der Waals surface area contributed by atoms with Crippen LogP contribution in [0.15, 0.2) is 24.4 Å². The number of anilines is 1. The highest BCUT2D eigenvalue weighted by Gasteiger charge is 2.24. The summed E-state index contributed by atoms with van der Waals surface area (Å²) in [7, 11) is 1.60. The Morgan fingerprint density at radius 3 is 2.10 bits per heavy atom. The number of rotatable bonds is 17. The molecule has 0 radical (unpaired) electrons. The summed E-state index contributed by atoms with van der Waals surface area (Å²) in [5.74, 6) is -4.06. The average Bonchev–Trinajstić information content (AvgIpc) is 3.50. The highest BCUT2D eigenvalue weighted by molar-refractivity contribution is 5.99. The zero-order valence-electron chi connectivity index (χ0n) is 28.7. The molecule has 1 atom stereocenters. The Kier molecular flexibility index (Phi) is 21.7. The molecule has 1 unspecified atom stereocenters. The van der Waals surface area contributed by atoms with E-state index in [9.17, 15) is 38.7 Å². The first-order chi connectivity index (χ1) is 23.6. The minimum Gasteiger partial charge on any atom is -0.481 e. The number of carboxylic acid groups (broad SMARTS) is 2. The van der Waals surface area contributed by atoms with Crippen molar-refractivity contribution in [1.82, 2.24) is 41.6 Å². The molecule has 0 fully saturated rings. The summed E-state index contributed by atoms with van der Waals surface area (Å²) >= 11 is 0. The number of carbonyl (C=O) groups excluding carboxylic acids is 5. The standard InChI is InChI=1S/C23H32N8O7.C4H10N2O.C3H6O2/c1-13(2)21(28-18(33)8-24-3)23(38)26-9-19(34)27-15-5-4-14(12-32)17(6-15)22(37)25-7-16-10-31(30-29-16)11-20(35)36;1-2-3-6-4(5)7;1-2-3(4)5/h4-6,10,13,21,24,32H,7-9,11-12H2,1-3H3,(H,25,37)(H,26,38)(H,27,34)(H,28,33)(H,35,36);2-3H2,1H3,(H3,5,6,7);2H2,1H3,(H,4,5). The van der Waals surface area contributed by atoms with Gasteiger partial charge in [0.1, 0.15) is 18.3 Å². The molecule has 20 nitrogen and oxygen atoms in total. The second-order valence-corrected chi connectivity index (χ2v) is 10.6. The van der Waals surface area contributed by atoms with E-state index in [0.29, 0.717) is 17.8 Å². The van der Waals surface area contributed by atoms with E-state index in [1.807, 2.05) is 6.92 Å². The summed E-state index contributed by atoms with van der Waals surface area (Å²) in [6.45, 7) is 6.58. The number of nitrogens with zero attached hydrogens (tertiary/aromatic N) is 3. The van der Waals surface area contributed by atoms with Crippen LogP contribution in [0.5, 0.6) is 0 Å². The molecule has 0 aliphatic rings. The van der Waals surface area contributed by atoms with E-state index in [0.717, 1.165) is 11.1 Å². The molecule has 2 aromatic rings. The van der Waals surface area contributed by atoms with Crippen molar-refractivity contribution < 1.29 is 48.9 Å². The molecule has 11 N–H and O–H groups in total. The summed E-state index contributed by atoms with van der Waals surface area (Å²) in [5.41, 5.74) is 5.71. The molecule has 1 aromatic carbocycles. The van der Waals surface area contributed by atoms with Gasteiger partial charge in [0.25, 0.3) is 5.91 Å². The third-order valence-corrected chi connectivity index (χ3v) is 6.00. The zero-order valence-corrected chi connectivity index (χ0v) is 28.7. The highest BCUT2D eigenvalue weighted by Crippen LogP contribution is 2.17. The molecule has 1 aromatic heterocycles. The number of carboxylic acids is 2. The monoisotopic (exact) mass is 708 g/mol. The SMILES string of the molecule is CCC(=O)O.CCCNC(N)=O.CNCC(=O)NC(C(=O)NCC(=O)Nc1ccc(CO)c(C(=O)NCc2cn(CC(=O)O)nn2)c1)C(C)C. The molecule has 0 aliphatic carbocycles. The summed E-state index contributed by atoms with van der Waals surface area (Å²) in [6, 6.07) is 3.07. The summed E-state index contributed by atoms with van der Waals surface area (Å²) in [6.07, 6.45) is 2.53. The highest BCUT2D eigenvalue weighted by atomic mass is 16.4. The van der Waals surface area contributed by atoms with Crippen molar-refractivity contribution >= 4 is 47.3 Å². The number of benzene rings is 1. The van der Waals surface area contributed by atoms with Gasteiger partial charge in [0, 0.05) is 24.2 Å². The molecule has 0 saturated heterocycles. The van der Waals surface area contributed by atoms with Gasteiger partial charge in [0.2, 0.25) is 17.7 Å². The molecule has 0 spiro atoms. The lowest BCUT2D eigenvalue weighted by Crippen LogP contribution is -2.52. The molecule has 1 heterocycles. The smallest absolute Gasteiger partial charge is 0.325 e. The van der Waals surface area contributed by atoms with Gasteiger partial charge in [0.05, 0.1) is 32.4 Å². The van der Waals surface area contributed by atoms with E-state index in [1.165, 1.54) is 24.4 Å². The third-order valence-electron chi connectivity index (χ3n) is 6.00. The quantitative estimate of drug-likeness (QED) is 0.0919. The fraction of sp³-hybridized carbons (Fsp3) is 0.500. The van der Waals surface area contributed by atoms with E-state index >= 15 is 0 Å². The topological polar surface area (TPSA) is 309 Å². The maximum atomic E-state index is 12.7.